The van der Waals surface area contributed by atoms with E-state index in [9.17, 15) is 14.2 Å². The van der Waals surface area contributed by atoms with Crippen LogP contribution in [0.3, 0.4) is 0 Å². The van der Waals surface area contributed by atoms with Gasteiger partial charge >= 0.3 is 19.8 Å². The maximum Gasteiger partial charge on any atom is 0.469 e. The molecule has 0 fully saturated rings. The Morgan fingerprint density at radius 3 is 1.28 bits per heavy atom. The Balaban J connectivity index is 3.97. The SMILES string of the molecule is CC(C)(C)SCCCCCCCCCCCC(=O)OC[C@H](COP(=O)(O)O)OC(=O)CCCCCCCCCCCSC(C)(C)C. The Labute approximate surface area is 290 Å². The number of phosphoric ester groups is 1. The molecule has 0 rings (SSSR count). The van der Waals surface area contributed by atoms with Crippen LogP contribution in [0.25, 0.3) is 0 Å². The average Bonchev–Trinajstić information content (AvgIpc) is 2.94. The fourth-order valence-corrected chi connectivity index (χ4v) is 7.06. The topological polar surface area (TPSA) is 119 Å². The van der Waals surface area contributed by atoms with Crippen LogP contribution in [0.4, 0.5) is 0 Å². The van der Waals surface area contributed by atoms with Crippen LogP contribution in [0.2, 0.25) is 0 Å². The first-order valence-corrected chi connectivity index (χ1v) is 21.4. The van der Waals surface area contributed by atoms with Crippen LogP contribution in [-0.2, 0) is 28.2 Å². The number of phosphoric acid groups is 1. The lowest BCUT2D eigenvalue weighted by molar-refractivity contribution is -0.161. The predicted molar refractivity (Wildman–Crippen MR) is 196 cm³/mol. The molecule has 46 heavy (non-hydrogen) atoms. The standard InChI is InChI=1S/C35H69O8PS2/c1-34(2,3)45-27-23-19-15-11-7-9-13-17-21-25-32(36)41-29-31(30-42-44(38,39)40)43-33(37)26-22-18-14-10-8-12-16-20-24-28-46-35(4,5)6/h31H,7-30H2,1-6H3,(H2,38,39,40)/t31-/m1/s1. The molecule has 0 aliphatic heterocycles. The van der Waals surface area contributed by atoms with Gasteiger partial charge in [-0.3, -0.25) is 14.1 Å². The minimum atomic E-state index is -4.75. The van der Waals surface area contributed by atoms with Gasteiger partial charge in [0, 0.05) is 22.3 Å². The van der Waals surface area contributed by atoms with Gasteiger partial charge in [-0.2, -0.15) is 23.5 Å². The first kappa shape index (κ1) is 45.8. The number of carbonyl (C=O) groups excluding carboxylic acids is 2. The Kier molecular flexibility index (Phi) is 27.4. The summed E-state index contributed by atoms with van der Waals surface area (Å²) in [6.07, 6.45) is 19.8. The third-order valence-electron chi connectivity index (χ3n) is 7.28. The number of rotatable bonds is 30. The number of thioether (sulfide) groups is 2. The lowest BCUT2D eigenvalue weighted by atomic mass is 10.1. The van der Waals surface area contributed by atoms with Crippen LogP contribution < -0.4 is 0 Å². The van der Waals surface area contributed by atoms with Crippen molar-refractivity contribution in [1.29, 1.82) is 0 Å². The van der Waals surface area contributed by atoms with E-state index in [0.29, 0.717) is 15.9 Å². The molecule has 0 saturated heterocycles. The molecule has 0 radical (unpaired) electrons. The van der Waals surface area contributed by atoms with Crippen molar-refractivity contribution in [3.05, 3.63) is 0 Å². The van der Waals surface area contributed by atoms with Gasteiger partial charge in [-0.25, -0.2) is 4.57 Å². The minimum Gasteiger partial charge on any atom is -0.462 e. The lowest BCUT2D eigenvalue weighted by Crippen LogP contribution is -2.29. The molecule has 0 aliphatic carbocycles. The van der Waals surface area contributed by atoms with Crippen molar-refractivity contribution in [2.24, 2.45) is 0 Å². The summed E-state index contributed by atoms with van der Waals surface area (Å²) in [5.41, 5.74) is 0. The molecule has 0 aromatic rings. The van der Waals surface area contributed by atoms with E-state index in [1.54, 1.807) is 0 Å². The molecule has 0 unspecified atom stereocenters. The van der Waals surface area contributed by atoms with Crippen molar-refractivity contribution in [3.63, 3.8) is 0 Å². The summed E-state index contributed by atoms with van der Waals surface area (Å²) in [4.78, 5) is 42.7. The molecule has 0 aromatic carbocycles. The molecule has 0 aromatic heterocycles. The smallest absolute Gasteiger partial charge is 0.462 e. The van der Waals surface area contributed by atoms with Crippen molar-refractivity contribution >= 4 is 43.3 Å². The van der Waals surface area contributed by atoms with E-state index in [4.69, 9.17) is 19.3 Å². The Bertz CT molecular complexity index is 807. The number of esters is 2. The summed E-state index contributed by atoms with van der Waals surface area (Å²) >= 11 is 4.06. The molecule has 0 saturated carbocycles. The number of ether oxygens (including phenoxy) is 2. The molecule has 0 spiro atoms. The second-order valence-electron chi connectivity index (χ2n) is 14.4. The molecule has 2 N–H and O–H groups in total. The van der Waals surface area contributed by atoms with Crippen molar-refractivity contribution in [2.45, 2.75) is 186 Å². The quantitative estimate of drug-likeness (QED) is 0.0423. The summed E-state index contributed by atoms with van der Waals surface area (Å²) in [5.74, 6) is 1.58. The maximum atomic E-state index is 12.4. The molecule has 0 heterocycles. The van der Waals surface area contributed by atoms with Gasteiger partial charge in [0.2, 0.25) is 0 Å². The highest BCUT2D eigenvalue weighted by atomic mass is 32.2. The van der Waals surface area contributed by atoms with Crippen molar-refractivity contribution in [1.82, 2.24) is 0 Å². The summed E-state index contributed by atoms with van der Waals surface area (Å²) in [7, 11) is -4.75. The Hall–Kier alpha value is -0.250. The van der Waals surface area contributed by atoms with E-state index < -0.39 is 32.5 Å². The molecule has 0 amide bonds. The zero-order chi connectivity index (χ0) is 34.7. The first-order valence-electron chi connectivity index (χ1n) is 17.9. The molecule has 274 valence electrons. The van der Waals surface area contributed by atoms with E-state index >= 15 is 0 Å². The van der Waals surface area contributed by atoms with E-state index in [2.05, 4.69) is 46.1 Å². The summed E-state index contributed by atoms with van der Waals surface area (Å²) in [6, 6.07) is 0. The third kappa shape index (κ3) is 36.6. The van der Waals surface area contributed by atoms with Crippen molar-refractivity contribution in [3.8, 4) is 0 Å². The van der Waals surface area contributed by atoms with E-state index in [0.717, 1.165) is 38.5 Å². The van der Waals surface area contributed by atoms with Crippen molar-refractivity contribution < 1.29 is 37.9 Å². The fraction of sp³-hybridized carbons (Fsp3) is 0.943. The largest absolute Gasteiger partial charge is 0.469 e. The van der Waals surface area contributed by atoms with Gasteiger partial charge in [0.25, 0.3) is 0 Å². The Morgan fingerprint density at radius 1 is 0.565 bits per heavy atom. The van der Waals surface area contributed by atoms with Crippen LogP contribution in [0.15, 0.2) is 0 Å². The molecule has 11 heteroatoms. The fourth-order valence-electron chi connectivity index (χ4n) is 4.77. The van der Waals surface area contributed by atoms with Crippen LogP contribution in [0.5, 0.6) is 0 Å². The first-order chi connectivity index (χ1) is 21.6. The van der Waals surface area contributed by atoms with Crippen LogP contribution in [0, 0.1) is 0 Å². The van der Waals surface area contributed by atoms with Crippen LogP contribution >= 0.6 is 31.3 Å². The molecular weight excluding hydrogens is 643 g/mol. The molecule has 0 aliphatic rings. The lowest BCUT2D eigenvalue weighted by Gasteiger charge is -2.18. The summed E-state index contributed by atoms with van der Waals surface area (Å²) in [6.45, 7) is 12.7. The molecule has 8 nitrogen and oxygen atoms in total. The van der Waals surface area contributed by atoms with E-state index in [1.165, 1.54) is 82.1 Å². The van der Waals surface area contributed by atoms with Crippen LogP contribution in [-0.4, -0.2) is 62.0 Å². The number of unbranched alkanes of at least 4 members (excludes halogenated alkanes) is 16. The molecule has 1 atom stereocenters. The maximum absolute atomic E-state index is 12.4. The van der Waals surface area contributed by atoms with Gasteiger partial charge < -0.3 is 19.3 Å². The second kappa shape index (κ2) is 27.6. The summed E-state index contributed by atoms with van der Waals surface area (Å²) in [5, 5.41) is 0. The zero-order valence-electron chi connectivity index (χ0n) is 30.2. The number of carbonyl (C=O) groups is 2. The van der Waals surface area contributed by atoms with Gasteiger partial charge in [-0.1, -0.05) is 131 Å². The molecular formula is C35H69O8PS2. The highest BCUT2D eigenvalue weighted by molar-refractivity contribution is 8.00. The van der Waals surface area contributed by atoms with Gasteiger partial charge in [-0.15, -0.1) is 0 Å². The Morgan fingerprint density at radius 2 is 0.913 bits per heavy atom. The second-order valence-corrected chi connectivity index (χ2v) is 19.4. The summed E-state index contributed by atoms with van der Waals surface area (Å²) < 4.78 is 27.0. The van der Waals surface area contributed by atoms with Gasteiger partial charge in [0.15, 0.2) is 6.10 Å². The van der Waals surface area contributed by atoms with Gasteiger partial charge in [0.1, 0.15) is 6.61 Å². The monoisotopic (exact) mass is 712 g/mol. The predicted octanol–water partition coefficient (Wildman–Crippen LogP) is 10.4. The van der Waals surface area contributed by atoms with Crippen molar-refractivity contribution in [2.75, 3.05) is 24.7 Å². The van der Waals surface area contributed by atoms with E-state index in [1.807, 2.05) is 23.5 Å². The zero-order valence-corrected chi connectivity index (χ0v) is 32.7. The average molecular weight is 713 g/mol. The number of hydrogen-bond acceptors (Lipinski definition) is 8. The van der Waals surface area contributed by atoms with Gasteiger partial charge in [-0.05, 0) is 37.2 Å². The van der Waals surface area contributed by atoms with Gasteiger partial charge in [0.05, 0.1) is 6.61 Å². The normalized spacial score (nSPS) is 13.1. The third-order valence-corrected chi connectivity index (χ3v) is 10.5. The highest BCUT2D eigenvalue weighted by Gasteiger charge is 2.23. The number of hydrogen-bond donors (Lipinski definition) is 2. The molecule has 0 bridgehead atoms. The van der Waals surface area contributed by atoms with E-state index in [-0.39, 0.29) is 19.4 Å². The van der Waals surface area contributed by atoms with Crippen LogP contribution in [0.1, 0.15) is 170 Å². The highest BCUT2D eigenvalue weighted by Crippen LogP contribution is 2.36. The minimum absolute atomic E-state index is 0.210.